The lowest BCUT2D eigenvalue weighted by Gasteiger charge is -2.20. The average molecular weight is 295 g/mol. The molecule has 1 N–H and O–H groups in total. The van der Waals surface area contributed by atoms with E-state index in [1.165, 1.54) is 0 Å². The smallest absolute Gasteiger partial charge is 0.228 e. The number of fused-ring (bicyclic) bond motifs is 1. The summed E-state index contributed by atoms with van der Waals surface area (Å²) in [4.78, 5) is 9.08. The number of rotatable bonds is 2. The topological polar surface area (TPSA) is 55.6 Å². The normalized spacial score (nSPS) is 11.9. The molecule has 0 saturated heterocycles. The van der Waals surface area contributed by atoms with Crippen LogP contribution in [-0.4, -0.2) is 19.7 Å². The number of para-hydroxylation sites is 1. The highest BCUT2D eigenvalue weighted by molar-refractivity contribution is 5.91. The molecule has 0 atom stereocenters. The molecule has 0 aliphatic heterocycles. The molecule has 2 heterocycles. The second-order valence-electron chi connectivity index (χ2n) is 6.59. The van der Waals surface area contributed by atoms with Gasteiger partial charge in [0.15, 0.2) is 5.82 Å². The van der Waals surface area contributed by atoms with Crippen LogP contribution >= 0.6 is 0 Å². The minimum Gasteiger partial charge on any atom is -0.307 e. The number of aromatic nitrogens is 4. The summed E-state index contributed by atoms with van der Waals surface area (Å²) in [5, 5.41) is 8.84. The van der Waals surface area contributed by atoms with Crippen LogP contribution in [0.5, 0.6) is 0 Å². The highest BCUT2D eigenvalue weighted by Crippen LogP contribution is 2.27. The van der Waals surface area contributed by atoms with Gasteiger partial charge in [0.25, 0.3) is 0 Å². The standard InChI is InChI=1S/C17H21N5/c1-11-10-18-16(19-14(11)17(2,3)4)20-15-12-8-6-7-9-13(12)22(5)21-15/h6-10H,1-5H3,(H,18,19,20,21). The van der Waals surface area contributed by atoms with E-state index in [1.807, 2.05) is 49.1 Å². The third kappa shape index (κ3) is 2.54. The van der Waals surface area contributed by atoms with Crippen LogP contribution in [0.25, 0.3) is 10.9 Å². The first-order valence-corrected chi connectivity index (χ1v) is 7.39. The van der Waals surface area contributed by atoms with E-state index in [2.05, 4.69) is 41.2 Å². The summed E-state index contributed by atoms with van der Waals surface area (Å²) in [5.41, 5.74) is 3.21. The van der Waals surface area contributed by atoms with Crippen LogP contribution in [0, 0.1) is 6.92 Å². The van der Waals surface area contributed by atoms with Gasteiger partial charge in [-0.3, -0.25) is 4.68 Å². The van der Waals surface area contributed by atoms with Gasteiger partial charge in [-0.25, -0.2) is 9.97 Å². The van der Waals surface area contributed by atoms with Gasteiger partial charge in [-0.1, -0.05) is 32.9 Å². The predicted octanol–water partition coefficient (Wildman–Crippen LogP) is 3.71. The minimum absolute atomic E-state index is 0.0182. The number of hydrogen-bond acceptors (Lipinski definition) is 4. The van der Waals surface area contributed by atoms with Gasteiger partial charge in [0.2, 0.25) is 5.95 Å². The van der Waals surface area contributed by atoms with Crippen molar-refractivity contribution < 1.29 is 0 Å². The predicted molar refractivity (Wildman–Crippen MR) is 89.5 cm³/mol. The number of hydrogen-bond donors (Lipinski definition) is 1. The average Bonchev–Trinajstić information content (AvgIpc) is 2.77. The van der Waals surface area contributed by atoms with Crippen molar-refractivity contribution in [1.29, 1.82) is 0 Å². The highest BCUT2D eigenvalue weighted by Gasteiger charge is 2.19. The van der Waals surface area contributed by atoms with Crippen molar-refractivity contribution in [1.82, 2.24) is 19.7 Å². The maximum Gasteiger partial charge on any atom is 0.228 e. The van der Waals surface area contributed by atoms with Crippen molar-refractivity contribution in [2.75, 3.05) is 5.32 Å². The molecule has 0 spiro atoms. The van der Waals surface area contributed by atoms with Gasteiger partial charge in [0, 0.05) is 24.0 Å². The molecule has 3 aromatic rings. The maximum atomic E-state index is 4.68. The van der Waals surface area contributed by atoms with Gasteiger partial charge >= 0.3 is 0 Å². The molecule has 22 heavy (non-hydrogen) atoms. The van der Waals surface area contributed by atoms with Crippen LogP contribution in [-0.2, 0) is 12.5 Å². The van der Waals surface area contributed by atoms with Crippen LogP contribution in [0.15, 0.2) is 30.5 Å². The van der Waals surface area contributed by atoms with Crippen LogP contribution in [0.3, 0.4) is 0 Å². The lowest BCUT2D eigenvalue weighted by atomic mass is 9.89. The van der Waals surface area contributed by atoms with E-state index in [4.69, 9.17) is 0 Å². The third-order valence-corrected chi connectivity index (χ3v) is 3.67. The van der Waals surface area contributed by atoms with Crippen molar-refractivity contribution in [2.24, 2.45) is 7.05 Å². The largest absolute Gasteiger partial charge is 0.307 e. The molecule has 1 aromatic carbocycles. The Kier molecular flexibility index (Phi) is 3.35. The molecule has 0 fully saturated rings. The minimum atomic E-state index is -0.0182. The summed E-state index contributed by atoms with van der Waals surface area (Å²) < 4.78 is 1.86. The second-order valence-corrected chi connectivity index (χ2v) is 6.59. The quantitative estimate of drug-likeness (QED) is 0.783. The van der Waals surface area contributed by atoms with Crippen LogP contribution in [0.1, 0.15) is 32.0 Å². The Labute approximate surface area is 130 Å². The molecular weight excluding hydrogens is 274 g/mol. The van der Waals surface area contributed by atoms with Gasteiger partial charge in [-0.2, -0.15) is 5.10 Å². The van der Waals surface area contributed by atoms with Gasteiger partial charge in [0.1, 0.15) is 0 Å². The fraction of sp³-hybridized carbons (Fsp3) is 0.353. The zero-order chi connectivity index (χ0) is 15.9. The Morgan fingerprint density at radius 1 is 1.14 bits per heavy atom. The first-order chi connectivity index (χ1) is 10.4. The lowest BCUT2D eigenvalue weighted by molar-refractivity contribution is 0.563. The summed E-state index contributed by atoms with van der Waals surface area (Å²) in [5.74, 6) is 1.36. The Balaban J connectivity index is 2.02. The van der Waals surface area contributed by atoms with E-state index in [-0.39, 0.29) is 5.41 Å². The van der Waals surface area contributed by atoms with E-state index in [0.29, 0.717) is 5.95 Å². The molecule has 2 aromatic heterocycles. The fourth-order valence-electron chi connectivity index (χ4n) is 2.67. The molecule has 114 valence electrons. The van der Waals surface area contributed by atoms with Crippen LogP contribution in [0.4, 0.5) is 11.8 Å². The second kappa shape index (κ2) is 5.09. The molecule has 0 bridgehead atoms. The first kappa shape index (κ1) is 14.5. The molecule has 0 aliphatic carbocycles. The molecular formula is C17H21N5. The summed E-state index contributed by atoms with van der Waals surface area (Å²) >= 11 is 0. The molecule has 5 nitrogen and oxygen atoms in total. The lowest BCUT2D eigenvalue weighted by Crippen LogP contribution is -2.17. The van der Waals surface area contributed by atoms with Crippen molar-refractivity contribution >= 4 is 22.7 Å². The Morgan fingerprint density at radius 3 is 2.59 bits per heavy atom. The van der Waals surface area contributed by atoms with Crippen molar-refractivity contribution in [3.8, 4) is 0 Å². The van der Waals surface area contributed by atoms with Crippen molar-refractivity contribution in [2.45, 2.75) is 33.1 Å². The van der Waals surface area contributed by atoms with Gasteiger partial charge in [0.05, 0.1) is 11.2 Å². The number of aryl methyl sites for hydroxylation is 2. The summed E-state index contributed by atoms with van der Waals surface area (Å²) in [6, 6.07) is 8.10. The zero-order valence-corrected chi connectivity index (χ0v) is 13.7. The van der Waals surface area contributed by atoms with E-state index >= 15 is 0 Å². The van der Waals surface area contributed by atoms with Crippen molar-refractivity contribution in [3.63, 3.8) is 0 Å². The van der Waals surface area contributed by atoms with E-state index in [1.54, 1.807) is 0 Å². The molecule has 5 heteroatoms. The number of benzene rings is 1. The molecule has 0 amide bonds. The van der Waals surface area contributed by atoms with E-state index in [0.717, 1.165) is 28.0 Å². The van der Waals surface area contributed by atoms with E-state index in [9.17, 15) is 0 Å². The van der Waals surface area contributed by atoms with Gasteiger partial charge < -0.3 is 5.32 Å². The number of anilines is 2. The van der Waals surface area contributed by atoms with Gasteiger partial charge in [-0.05, 0) is 24.6 Å². The SMILES string of the molecule is Cc1cnc(Nc2nn(C)c3ccccc23)nc1C(C)(C)C. The number of nitrogens with zero attached hydrogens (tertiary/aromatic N) is 4. The van der Waals surface area contributed by atoms with Crippen LogP contribution in [0.2, 0.25) is 0 Å². The Bertz CT molecular complexity index is 827. The summed E-state index contributed by atoms with van der Waals surface area (Å²) in [6.07, 6.45) is 1.86. The first-order valence-electron chi connectivity index (χ1n) is 7.39. The van der Waals surface area contributed by atoms with Crippen molar-refractivity contribution in [3.05, 3.63) is 41.7 Å². The maximum absolute atomic E-state index is 4.68. The summed E-state index contributed by atoms with van der Waals surface area (Å²) in [6.45, 7) is 8.51. The summed E-state index contributed by atoms with van der Waals surface area (Å²) in [7, 11) is 1.93. The molecule has 0 radical (unpaired) electrons. The van der Waals surface area contributed by atoms with E-state index < -0.39 is 0 Å². The molecule has 0 unspecified atom stereocenters. The Hall–Kier alpha value is -2.43. The Morgan fingerprint density at radius 2 is 1.86 bits per heavy atom. The zero-order valence-electron chi connectivity index (χ0n) is 13.7. The third-order valence-electron chi connectivity index (χ3n) is 3.67. The highest BCUT2D eigenvalue weighted by atomic mass is 15.3. The monoisotopic (exact) mass is 295 g/mol. The van der Waals surface area contributed by atoms with Gasteiger partial charge in [-0.15, -0.1) is 0 Å². The molecule has 3 rings (SSSR count). The van der Waals surface area contributed by atoms with Crippen LogP contribution < -0.4 is 5.32 Å². The number of nitrogens with one attached hydrogen (secondary N) is 1. The molecule has 0 saturated carbocycles. The fourth-order valence-corrected chi connectivity index (χ4v) is 2.67. The molecule has 0 aliphatic rings.